The highest BCUT2D eigenvalue weighted by molar-refractivity contribution is 4.65. The second-order valence-electron chi connectivity index (χ2n) is 4.00. The zero-order chi connectivity index (χ0) is 11.6. The average molecular weight is 236 g/mol. The van der Waals surface area contributed by atoms with Crippen LogP contribution in [-0.4, -0.2) is 36.1 Å². The third-order valence-electron chi connectivity index (χ3n) is 2.64. The Bertz CT molecular complexity index is 153. The predicted molar refractivity (Wildman–Crippen MR) is 53.7 cm³/mol. The van der Waals surface area contributed by atoms with E-state index in [1.54, 1.807) is 0 Å². The Morgan fingerprint density at radius 2 is 1.81 bits per heavy atom. The number of aliphatic hydroxyl groups is 2. The van der Waals surface area contributed by atoms with E-state index in [0.29, 0.717) is 25.6 Å². The quantitative estimate of drug-likeness (QED) is 0.703. The molecule has 1 saturated heterocycles. The molecule has 0 aromatic heterocycles. The standard InChI is InChI=1S/C10H20O6/c11-8-10(12)7-9-3-1-2-5-13-15-16-14-6-4-9/h9-12H,1-8H2. The minimum atomic E-state index is -0.649. The van der Waals surface area contributed by atoms with Crippen LogP contribution in [0.2, 0.25) is 0 Å². The van der Waals surface area contributed by atoms with E-state index in [4.69, 9.17) is 9.99 Å². The van der Waals surface area contributed by atoms with Crippen molar-refractivity contribution in [1.82, 2.24) is 0 Å². The molecule has 0 saturated carbocycles. The fourth-order valence-corrected chi connectivity index (χ4v) is 1.76. The lowest BCUT2D eigenvalue weighted by Gasteiger charge is -2.18. The van der Waals surface area contributed by atoms with Gasteiger partial charge in [-0.25, -0.2) is 9.78 Å². The lowest BCUT2D eigenvalue weighted by atomic mass is 9.93. The first kappa shape index (κ1) is 13.8. The first-order valence-corrected chi connectivity index (χ1v) is 5.69. The highest BCUT2D eigenvalue weighted by atomic mass is 17.7. The zero-order valence-corrected chi connectivity index (χ0v) is 9.34. The molecule has 0 amide bonds. The van der Waals surface area contributed by atoms with Gasteiger partial charge in [-0.05, 0) is 35.3 Å². The maximum absolute atomic E-state index is 9.38. The molecular formula is C10H20O6. The van der Waals surface area contributed by atoms with Crippen LogP contribution in [0.25, 0.3) is 0 Å². The second-order valence-corrected chi connectivity index (χ2v) is 4.00. The van der Waals surface area contributed by atoms with Gasteiger partial charge in [0, 0.05) is 0 Å². The van der Waals surface area contributed by atoms with Crippen molar-refractivity contribution >= 4 is 0 Å². The van der Waals surface area contributed by atoms with E-state index in [9.17, 15) is 5.11 Å². The molecule has 2 N–H and O–H groups in total. The second kappa shape index (κ2) is 8.86. The van der Waals surface area contributed by atoms with Crippen molar-refractivity contribution in [3.05, 3.63) is 0 Å². The SMILES string of the molecule is OCC(O)CC1CCCCOOOOCC1. The number of rotatable bonds is 3. The van der Waals surface area contributed by atoms with Gasteiger partial charge in [0.2, 0.25) is 0 Å². The normalized spacial score (nSPS) is 27.0. The van der Waals surface area contributed by atoms with E-state index < -0.39 is 6.10 Å². The molecule has 0 aliphatic carbocycles. The summed E-state index contributed by atoms with van der Waals surface area (Å²) in [4.78, 5) is 9.39. The van der Waals surface area contributed by atoms with Gasteiger partial charge >= 0.3 is 0 Å². The highest BCUT2D eigenvalue weighted by Gasteiger charge is 2.15. The maximum atomic E-state index is 9.38. The van der Waals surface area contributed by atoms with E-state index in [1.165, 1.54) is 0 Å². The maximum Gasteiger partial charge on any atom is 0.0857 e. The predicted octanol–water partition coefficient (Wildman–Crippen LogP) is 0.731. The van der Waals surface area contributed by atoms with Crippen LogP contribution in [0.4, 0.5) is 0 Å². The van der Waals surface area contributed by atoms with Gasteiger partial charge in [0.05, 0.1) is 25.9 Å². The first-order chi connectivity index (χ1) is 7.83. The fourth-order valence-electron chi connectivity index (χ4n) is 1.76. The molecule has 1 aliphatic heterocycles. The Kier molecular flexibility index (Phi) is 7.65. The molecule has 0 spiro atoms. The van der Waals surface area contributed by atoms with Crippen LogP contribution in [0, 0.1) is 5.92 Å². The molecule has 2 unspecified atom stereocenters. The lowest BCUT2D eigenvalue weighted by Crippen LogP contribution is -2.18. The van der Waals surface area contributed by atoms with Crippen molar-refractivity contribution in [3.63, 3.8) is 0 Å². The van der Waals surface area contributed by atoms with E-state index >= 15 is 0 Å². The van der Waals surface area contributed by atoms with Gasteiger partial charge in [-0.1, -0.05) is 12.8 Å². The summed E-state index contributed by atoms with van der Waals surface area (Å²) in [7, 11) is 0. The molecule has 96 valence electrons. The van der Waals surface area contributed by atoms with Crippen LogP contribution >= 0.6 is 0 Å². The molecule has 6 heteroatoms. The molecule has 1 rings (SSSR count). The summed E-state index contributed by atoms with van der Waals surface area (Å²) >= 11 is 0. The van der Waals surface area contributed by atoms with Crippen molar-refractivity contribution in [3.8, 4) is 0 Å². The largest absolute Gasteiger partial charge is 0.394 e. The van der Waals surface area contributed by atoms with Crippen molar-refractivity contribution in [2.75, 3.05) is 19.8 Å². The summed E-state index contributed by atoms with van der Waals surface area (Å²) in [5.41, 5.74) is 0. The van der Waals surface area contributed by atoms with Crippen molar-refractivity contribution < 1.29 is 30.1 Å². The van der Waals surface area contributed by atoms with E-state index in [-0.39, 0.29) is 6.61 Å². The molecule has 0 bridgehead atoms. The van der Waals surface area contributed by atoms with Crippen LogP contribution in [0.5, 0.6) is 0 Å². The molecule has 16 heavy (non-hydrogen) atoms. The first-order valence-electron chi connectivity index (χ1n) is 5.69. The minimum Gasteiger partial charge on any atom is -0.394 e. The summed E-state index contributed by atoms with van der Waals surface area (Å²) in [6, 6.07) is 0. The van der Waals surface area contributed by atoms with Crippen LogP contribution < -0.4 is 0 Å². The molecule has 6 nitrogen and oxygen atoms in total. The Hall–Kier alpha value is -0.240. The number of hydrogen-bond donors (Lipinski definition) is 2. The number of aliphatic hydroxyl groups excluding tert-OH is 2. The lowest BCUT2D eigenvalue weighted by molar-refractivity contribution is -0.634. The summed E-state index contributed by atoms with van der Waals surface area (Å²) in [5, 5.41) is 26.8. The van der Waals surface area contributed by atoms with Crippen LogP contribution in [0.1, 0.15) is 32.1 Å². The van der Waals surface area contributed by atoms with Gasteiger partial charge in [-0.3, -0.25) is 0 Å². The monoisotopic (exact) mass is 236 g/mol. The van der Waals surface area contributed by atoms with Gasteiger partial charge in [0.15, 0.2) is 0 Å². The molecular weight excluding hydrogens is 216 g/mol. The van der Waals surface area contributed by atoms with E-state index in [0.717, 1.165) is 25.7 Å². The van der Waals surface area contributed by atoms with Crippen molar-refractivity contribution in [2.45, 2.75) is 38.2 Å². The van der Waals surface area contributed by atoms with E-state index in [2.05, 4.69) is 15.0 Å². The Balaban J connectivity index is 2.27. The summed E-state index contributed by atoms with van der Waals surface area (Å²) in [6.45, 7) is 0.644. The van der Waals surface area contributed by atoms with Gasteiger partial charge in [-0.15, -0.1) is 0 Å². The van der Waals surface area contributed by atoms with Gasteiger partial charge in [0.1, 0.15) is 0 Å². The molecule has 1 heterocycles. The van der Waals surface area contributed by atoms with Gasteiger partial charge in [0.25, 0.3) is 0 Å². The third-order valence-corrected chi connectivity index (χ3v) is 2.64. The van der Waals surface area contributed by atoms with Crippen LogP contribution in [0.15, 0.2) is 0 Å². The molecule has 0 aromatic rings. The summed E-state index contributed by atoms with van der Waals surface area (Å²) in [5.74, 6) is 0.323. The van der Waals surface area contributed by atoms with Gasteiger partial charge in [-0.2, -0.15) is 0 Å². The van der Waals surface area contributed by atoms with Crippen molar-refractivity contribution in [1.29, 1.82) is 0 Å². The molecule has 2 atom stereocenters. The highest BCUT2D eigenvalue weighted by Crippen LogP contribution is 2.19. The Labute approximate surface area is 94.8 Å². The van der Waals surface area contributed by atoms with E-state index in [1.807, 2.05) is 0 Å². The summed E-state index contributed by atoms with van der Waals surface area (Å²) < 4.78 is 0. The fraction of sp³-hybridized carbons (Fsp3) is 1.00. The molecule has 1 fully saturated rings. The summed E-state index contributed by atoms with van der Waals surface area (Å²) in [6.07, 6.45) is 3.54. The Morgan fingerprint density at radius 3 is 2.56 bits per heavy atom. The topological polar surface area (TPSA) is 77.4 Å². The van der Waals surface area contributed by atoms with Gasteiger partial charge < -0.3 is 10.2 Å². The average Bonchev–Trinajstić information content (AvgIpc) is 2.35. The molecule has 0 radical (unpaired) electrons. The number of hydrogen-bond acceptors (Lipinski definition) is 6. The Morgan fingerprint density at radius 1 is 1.06 bits per heavy atom. The molecule has 0 aromatic carbocycles. The van der Waals surface area contributed by atoms with Crippen molar-refractivity contribution in [2.24, 2.45) is 5.92 Å². The van der Waals surface area contributed by atoms with Crippen LogP contribution in [-0.2, 0) is 19.9 Å². The van der Waals surface area contributed by atoms with Crippen LogP contribution in [0.3, 0.4) is 0 Å². The minimum absolute atomic E-state index is 0.194. The smallest absolute Gasteiger partial charge is 0.0857 e. The third kappa shape index (κ3) is 6.37. The zero-order valence-electron chi connectivity index (χ0n) is 9.34. The molecule has 1 aliphatic rings.